The molecule has 5 aromatic rings. The molecule has 0 bridgehead atoms. The largest absolute Gasteiger partial charge is 0.418 e. The van der Waals surface area contributed by atoms with Gasteiger partial charge < -0.3 is 14.3 Å². The quantitative estimate of drug-likeness (QED) is 0.429. The lowest BCUT2D eigenvalue weighted by molar-refractivity contribution is -0.136. The topological polar surface area (TPSA) is 101 Å². The summed E-state index contributed by atoms with van der Waals surface area (Å²) in [7, 11) is 0. The van der Waals surface area contributed by atoms with Gasteiger partial charge in [0, 0.05) is 30.6 Å². The molecular weight excluding hydrogens is 449 g/mol. The Kier molecular flexibility index (Phi) is 4.44. The molecule has 0 saturated carbocycles. The maximum absolute atomic E-state index is 13.6. The molecule has 1 atom stereocenters. The maximum Gasteiger partial charge on any atom is 0.418 e. The molecule has 0 aromatic carbocycles. The third kappa shape index (κ3) is 3.29. The lowest BCUT2D eigenvalue weighted by atomic mass is 10.00. The van der Waals surface area contributed by atoms with Crippen molar-refractivity contribution in [3.63, 3.8) is 0 Å². The van der Waals surface area contributed by atoms with E-state index in [1.165, 1.54) is 22.8 Å². The molecule has 0 radical (unpaired) electrons. The molecule has 0 saturated heterocycles. The van der Waals surface area contributed by atoms with Crippen molar-refractivity contribution in [2.45, 2.75) is 25.6 Å². The van der Waals surface area contributed by atoms with Crippen LogP contribution in [0.1, 0.15) is 34.4 Å². The molecule has 34 heavy (non-hydrogen) atoms. The Bertz CT molecular complexity index is 1500. The van der Waals surface area contributed by atoms with Crippen LogP contribution in [0.5, 0.6) is 0 Å². The minimum atomic E-state index is -4.51. The van der Waals surface area contributed by atoms with Crippen molar-refractivity contribution in [3.05, 3.63) is 77.3 Å². The average molecular weight is 466 g/mol. The van der Waals surface area contributed by atoms with Crippen molar-refractivity contribution in [3.8, 4) is 11.6 Å². The van der Waals surface area contributed by atoms with Crippen LogP contribution < -0.4 is 4.90 Å². The molecule has 1 aliphatic rings. The first-order valence-corrected chi connectivity index (χ1v) is 10.5. The summed E-state index contributed by atoms with van der Waals surface area (Å²) in [5.74, 6) is 0.250. The van der Waals surface area contributed by atoms with Gasteiger partial charge in [-0.1, -0.05) is 11.2 Å². The smallest absolute Gasteiger partial charge is 0.402 e. The minimum absolute atomic E-state index is 0.0391. The van der Waals surface area contributed by atoms with E-state index < -0.39 is 17.8 Å². The van der Waals surface area contributed by atoms with Crippen LogP contribution in [0.15, 0.2) is 53.3 Å². The number of imidazole rings is 1. The van der Waals surface area contributed by atoms with Crippen LogP contribution >= 0.6 is 0 Å². The number of anilines is 1. The Hall–Kier alpha value is -4.22. The van der Waals surface area contributed by atoms with Crippen LogP contribution in [0, 0.1) is 6.92 Å². The summed E-state index contributed by atoms with van der Waals surface area (Å²) >= 11 is 0. The first kappa shape index (κ1) is 20.4. The van der Waals surface area contributed by atoms with Gasteiger partial charge in [-0.2, -0.15) is 18.3 Å². The number of nitrogens with zero attached hydrogens (tertiary/aromatic N) is 7. The Morgan fingerprint density at radius 2 is 2.03 bits per heavy atom. The molecule has 1 N–H and O–H groups in total. The van der Waals surface area contributed by atoms with E-state index in [1.54, 1.807) is 12.4 Å². The fourth-order valence-corrected chi connectivity index (χ4v) is 4.29. The van der Waals surface area contributed by atoms with Crippen molar-refractivity contribution in [1.29, 1.82) is 0 Å². The third-order valence-corrected chi connectivity index (χ3v) is 5.80. The molecule has 6 rings (SSSR count). The van der Waals surface area contributed by atoms with Gasteiger partial charge in [0.15, 0.2) is 0 Å². The summed E-state index contributed by atoms with van der Waals surface area (Å²) < 4.78 is 47.9. The van der Waals surface area contributed by atoms with E-state index in [1.807, 2.05) is 24.0 Å². The predicted octanol–water partition coefficient (Wildman–Crippen LogP) is 3.98. The molecule has 0 amide bonds. The van der Waals surface area contributed by atoms with E-state index in [4.69, 9.17) is 4.42 Å². The number of pyridine rings is 2. The molecule has 0 fully saturated rings. The fraction of sp³-hybridized carbons (Fsp3) is 0.227. The predicted molar refractivity (Wildman–Crippen MR) is 114 cm³/mol. The second-order valence-corrected chi connectivity index (χ2v) is 7.98. The molecule has 0 spiro atoms. The number of aryl methyl sites for hydroxylation is 1. The maximum atomic E-state index is 13.6. The second-order valence-electron chi connectivity index (χ2n) is 7.98. The van der Waals surface area contributed by atoms with Gasteiger partial charge in [-0.25, -0.2) is 14.5 Å². The van der Waals surface area contributed by atoms with Crippen LogP contribution in [0.25, 0.3) is 17.1 Å². The second kappa shape index (κ2) is 7.40. The van der Waals surface area contributed by atoms with E-state index in [9.17, 15) is 13.2 Å². The number of hydrogen-bond acceptors (Lipinski definition) is 7. The summed E-state index contributed by atoms with van der Waals surface area (Å²) in [4.78, 5) is 13.8. The Labute approximate surface area is 190 Å². The van der Waals surface area contributed by atoms with Crippen LogP contribution in [0.4, 0.5) is 19.2 Å². The highest BCUT2D eigenvalue weighted by Crippen LogP contribution is 2.39. The van der Waals surface area contributed by atoms with Gasteiger partial charge in [-0.3, -0.25) is 0 Å². The van der Waals surface area contributed by atoms with Gasteiger partial charge in [0.25, 0.3) is 5.89 Å². The Balaban J connectivity index is 1.46. The highest BCUT2D eigenvalue weighted by Gasteiger charge is 2.38. The van der Waals surface area contributed by atoms with Crippen molar-refractivity contribution >= 4 is 11.5 Å². The molecule has 172 valence electrons. The zero-order valence-corrected chi connectivity index (χ0v) is 17.8. The standard InChI is InChI=1S/C22H17F3N8O/c1-12-4-2-6-15(28-12)20-29-30-21(34-20)32-9-7-14-18(27-11-26-14)19(32)16-10-17-13(22(23,24)25)5-3-8-33(17)31-16/h2-6,8,10-11,19H,7,9H2,1H3,(H,26,27). The van der Waals surface area contributed by atoms with E-state index in [2.05, 4.69) is 30.2 Å². The summed E-state index contributed by atoms with van der Waals surface area (Å²) in [5.41, 5.74) is 2.46. The van der Waals surface area contributed by atoms with Gasteiger partial charge in [-0.15, -0.1) is 5.10 Å². The number of alkyl halides is 3. The van der Waals surface area contributed by atoms with Crippen LogP contribution in [-0.2, 0) is 12.6 Å². The first-order valence-electron chi connectivity index (χ1n) is 10.5. The number of H-pyrrole nitrogens is 1. The summed E-state index contributed by atoms with van der Waals surface area (Å²) in [6, 6.07) is 8.87. The van der Waals surface area contributed by atoms with E-state index in [0.717, 1.165) is 17.5 Å². The third-order valence-electron chi connectivity index (χ3n) is 5.80. The molecule has 6 heterocycles. The Morgan fingerprint density at radius 3 is 2.85 bits per heavy atom. The summed E-state index contributed by atoms with van der Waals surface area (Å²) in [6.07, 6.45) is -0.839. The molecular formula is C22H17F3N8O. The van der Waals surface area contributed by atoms with E-state index in [0.29, 0.717) is 30.0 Å². The number of aromatic nitrogens is 7. The summed E-state index contributed by atoms with van der Waals surface area (Å²) in [5, 5.41) is 12.8. The van der Waals surface area contributed by atoms with Crippen LogP contribution in [-0.4, -0.2) is 41.3 Å². The normalized spacial score (nSPS) is 16.2. The molecule has 5 aromatic heterocycles. The zero-order valence-electron chi connectivity index (χ0n) is 17.8. The summed E-state index contributed by atoms with van der Waals surface area (Å²) in [6.45, 7) is 2.34. The van der Waals surface area contributed by atoms with Gasteiger partial charge in [0.2, 0.25) is 0 Å². The lowest BCUT2D eigenvalue weighted by Crippen LogP contribution is -2.36. The van der Waals surface area contributed by atoms with Crippen molar-refractivity contribution in [2.75, 3.05) is 11.4 Å². The van der Waals surface area contributed by atoms with E-state index >= 15 is 0 Å². The lowest BCUT2D eigenvalue weighted by Gasteiger charge is -2.32. The number of aromatic amines is 1. The van der Waals surface area contributed by atoms with Crippen molar-refractivity contribution in [2.24, 2.45) is 0 Å². The van der Waals surface area contributed by atoms with Gasteiger partial charge >= 0.3 is 12.2 Å². The van der Waals surface area contributed by atoms with E-state index in [-0.39, 0.29) is 17.4 Å². The number of rotatable bonds is 3. The molecule has 9 nitrogen and oxygen atoms in total. The van der Waals surface area contributed by atoms with Gasteiger partial charge in [-0.05, 0) is 37.3 Å². The molecule has 0 aliphatic carbocycles. The van der Waals surface area contributed by atoms with Crippen molar-refractivity contribution < 1.29 is 17.6 Å². The fourth-order valence-electron chi connectivity index (χ4n) is 4.29. The first-order chi connectivity index (χ1) is 16.4. The Morgan fingerprint density at radius 1 is 1.15 bits per heavy atom. The zero-order chi connectivity index (χ0) is 23.4. The minimum Gasteiger partial charge on any atom is -0.402 e. The van der Waals surface area contributed by atoms with Crippen molar-refractivity contribution in [1.82, 2.24) is 34.8 Å². The number of halogens is 3. The molecule has 12 heteroatoms. The number of nitrogens with one attached hydrogen (secondary N) is 1. The van der Waals surface area contributed by atoms with Gasteiger partial charge in [0.1, 0.15) is 11.7 Å². The SMILES string of the molecule is Cc1cccc(-c2nnc(N3CCc4[nH]cnc4C3c3cc4c(C(F)(F)F)cccn4n3)o2)n1. The van der Waals surface area contributed by atoms with Crippen LogP contribution in [0.2, 0.25) is 0 Å². The highest BCUT2D eigenvalue weighted by molar-refractivity contribution is 5.59. The number of hydrogen-bond donors (Lipinski definition) is 1. The van der Waals surface area contributed by atoms with Crippen LogP contribution in [0.3, 0.4) is 0 Å². The van der Waals surface area contributed by atoms with Gasteiger partial charge in [0.05, 0.1) is 28.8 Å². The monoisotopic (exact) mass is 466 g/mol. The highest BCUT2D eigenvalue weighted by atomic mass is 19.4. The average Bonchev–Trinajstić information content (AvgIpc) is 3.56. The molecule has 1 unspecified atom stereocenters. The molecule has 1 aliphatic heterocycles. The number of fused-ring (bicyclic) bond motifs is 2.